The first-order valence-electron chi connectivity index (χ1n) is 9.76. The number of piperazine rings is 1. The molecule has 3 heteroatoms. The zero-order valence-electron chi connectivity index (χ0n) is 15.9. The third-order valence-corrected chi connectivity index (χ3v) is 5.57. The summed E-state index contributed by atoms with van der Waals surface area (Å²) < 4.78 is 0. The van der Waals surface area contributed by atoms with Crippen LogP contribution in [0, 0.1) is 6.92 Å². The van der Waals surface area contributed by atoms with Crippen molar-refractivity contribution in [1.29, 1.82) is 0 Å². The SMILES string of the molecule is Cc1ccccc1C(=O)N1CCN(CCc2ccc3ccccc3c2)CC1. The van der Waals surface area contributed by atoms with E-state index in [1.165, 1.54) is 16.3 Å². The van der Waals surface area contributed by atoms with Crippen molar-refractivity contribution in [2.24, 2.45) is 0 Å². The van der Waals surface area contributed by atoms with Crippen molar-refractivity contribution in [1.82, 2.24) is 9.80 Å². The number of carbonyl (C=O) groups excluding carboxylic acids is 1. The topological polar surface area (TPSA) is 23.6 Å². The molecule has 3 aromatic rings. The summed E-state index contributed by atoms with van der Waals surface area (Å²) in [4.78, 5) is 17.2. The van der Waals surface area contributed by atoms with Crippen LogP contribution in [0.25, 0.3) is 10.8 Å². The van der Waals surface area contributed by atoms with Gasteiger partial charge in [-0.05, 0) is 41.3 Å². The Morgan fingerprint density at radius 2 is 1.56 bits per heavy atom. The fourth-order valence-electron chi connectivity index (χ4n) is 3.84. The van der Waals surface area contributed by atoms with Crippen LogP contribution in [-0.2, 0) is 6.42 Å². The summed E-state index contributed by atoms with van der Waals surface area (Å²) in [5.74, 6) is 0.169. The number of benzene rings is 3. The Morgan fingerprint density at radius 1 is 0.852 bits per heavy atom. The first kappa shape index (κ1) is 17.7. The third kappa shape index (κ3) is 4.04. The molecule has 1 heterocycles. The van der Waals surface area contributed by atoms with E-state index in [1.54, 1.807) is 0 Å². The summed E-state index contributed by atoms with van der Waals surface area (Å²) in [5, 5.41) is 2.60. The van der Waals surface area contributed by atoms with Gasteiger partial charge in [0, 0.05) is 38.3 Å². The van der Waals surface area contributed by atoms with Crippen molar-refractivity contribution >= 4 is 16.7 Å². The van der Waals surface area contributed by atoms with Crippen molar-refractivity contribution in [3.63, 3.8) is 0 Å². The number of rotatable bonds is 4. The second-order valence-corrected chi connectivity index (χ2v) is 7.38. The highest BCUT2D eigenvalue weighted by Crippen LogP contribution is 2.17. The molecule has 138 valence electrons. The fourth-order valence-corrected chi connectivity index (χ4v) is 3.84. The Hall–Kier alpha value is -2.65. The Kier molecular flexibility index (Phi) is 5.21. The predicted octanol–water partition coefficient (Wildman–Crippen LogP) is 4.15. The second kappa shape index (κ2) is 7.93. The number of fused-ring (bicyclic) bond motifs is 1. The van der Waals surface area contributed by atoms with Crippen LogP contribution in [0.3, 0.4) is 0 Å². The quantitative estimate of drug-likeness (QED) is 0.699. The van der Waals surface area contributed by atoms with Crippen LogP contribution in [0.4, 0.5) is 0 Å². The van der Waals surface area contributed by atoms with Crippen LogP contribution in [0.1, 0.15) is 21.5 Å². The third-order valence-electron chi connectivity index (χ3n) is 5.57. The molecule has 0 unspecified atom stereocenters. The highest BCUT2D eigenvalue weighted by molar-refractivity contribution is 5.95. The lowest BCUT2D eigenvalue weighted by molar-refractivity contribution is 0.0638. The maximum Gasteiger partial charge on any atom is 0.254 e. The molecule has 0 aromatic heterocycles. The van der Waals surface area contributed by atoms with Crippen molar-refractivity contribution in [2.75, 3.05) is 32.7 Å². The minimum Gasteiger partial charge on any atom is -0.336 e. The molecule has 0 radical (unpaired) electrons. The van der Waals surface area contributed by atoms with Crippen LogP contribution in [0.15, 0.2) is 66.7 Å². The number of nitrogens with zero attached hydrogens (tertiary/aromatic N) is 2. The molecule has 0 spiro atoms. The maximum absolute atomic E-state index is 12.7. The Bertz CT molecular complexity index is 942. The van der Waals surface area contributed by atoms with Gasteiger partial charge >= 0.3 is 0 Å². The number of hydrogen-bond donors (Lipinski definition) is 0. The monoisotopic (exact) mass is 358 g/mol. The fraction of sp³-hybridized carbons (Fsp3) is 0.292. The molecule has 0 bridgehead atoms. The molecule has 3 nitrogen and oxygen atoms in total. The molecule has 27 heavy (non-hydrogen) atoms. The van der Waals surface area contributed by atoms with Gasteiger partial charge < -0.3 is 4.90 Å². The van der Waals surface area contributed by atoms with E-state index in [9.17, 15) is 4.79 Å². The lowest BCUT2D eigenvalue weighted by atomic mass is 10.0. The van der Waals surface area contributed by atoms with Crippen molar-refractivity contribution in [2.45, 2.75) is 13.3 Å². The first-order chi connectivity index (χ1) is 13.2. The first-order valence-corrected chi connectivity index (χ1v) is 9.76. The second-order valence-electron chi connectivity index (χ2n) is 7.38. The maximum atomic E-state index is 12.7. The molecule has 0 N–H and O–H groups in total. The number of carbonyl (C=O) groups is 1. The average molecular weight is 358 g/mol. The molecule has 1 saturated heterocycles. The molecule has 1 fully saturated rings. The van der Waals surface area contributed by atoms with E-state index >= 15 is 0 Å². The average Bonchev–Trinajstić information content (AvgIpc) is 2.72. The van der Waals surface area contributed by atoms with Crippen molar-refractivity contribution in [3.8, 4) is 0 Å². The molecule has 0 atom stereocenters. The molecule has 0 aliphatic carbocycles. The minimum absolute atomic E-state index is 0.169. The zero-order valence-corrected chi connectivity index (χ0v) is 15.9. The van der Waals surface area contributed by atoms with E-state index in [2.05, 4.69) is 47.4 Å². The van der Waals surface area contributed by atoms with Crippen LogP contribution in [0.5, 0.6) is 0 Å². The Morgan fingerprint density at radius 3 is 2.33 bits per heavy atom. The summed E-state index contributed by atoms with van der Waals surface area (Å²) in [7, 11) is 0. The number of aryl methyl sites for hydroxylation is 1. The molecule has 1 amide bonds. The lowest BCUT2D eigenvalue weighted by Gasteiger charge is -2.35. The normalized spacial score (nSPS) is 15.2. The molecule has 4 rings (SSSR count). The van der Waals surface area contributed by atoms with Crippen LogP contribution >= 0.6 is 0 Å². The minimum atomic E-state index is 0.169. The summed E-state index contributed by atoms with van der Waals surface area (Å²) >= 11 is 0. The van der Waals surface area contributed by atoms with Gasteiger partial charge in [-0.2, -0.15) is 0 Å². The van der Waals surface area contributed by atoms with Gasteiger partial charge in [0.05, 0.1) is 0 Å². The zero-order chi connectivity index (χ0) is 18.6. The van der Waals surface area contributed by atoms with Gasteiger partial charge in [-0.25, -0.2) is 0 Å². The van der Waals surface area contributed by atoms with Gasteiger partial charge in [0.15, 0.2) is 0 Å². The van der Waals surface area contributed by atoms with Gasteiger partial charge in [-0.3, -0.25) is 9.69 Å². The van der Waals surface area contributed by atoms with E-state index in [4.69, 9.17) is 0 Å². The highest BCUT2D eigenvalue weighted by Gasteiger charge is 2.22. The summed E-state index contributed by atoms with van der Waals surface area (Å²) in [6.45, 7) is 6.57. The molecule has 0 saturated carbocycles. The predicted molar refractivity (Wildman–Crippen MR) is 111 cm³/mol. The van der Waals surface area contributed by atoms with Gasteiger partial charge in [0.2, 0.25) is 0 Å². The van der Waals surface area contributed by atoms with Crippen molar-refractivity contribution in [3.05, 3.63) is 83.4 Å². The molecular formula is C24H26N2O. The standard InChI is InChI=1S/C24H26N2O/c1-19-6-2-5-9-23(19)24(27)26-16-14-25(15-17-26)13-12-20-10-11-21-7-3-4-8-22(21)18-20/h2-11,18H,12-17H2,1H3. The molecular weight excluding hydrogens is 332 g/mol. The summed E-state index contributed by atoms with van der Waals surface area (Å²) in [6, 6.07) is 23.1. The van der Waals surface area contributed by atoms with Crippen LogP contribution in [0.2, 0.25) is 0 Å². The highest BCUT2D eigenvalue weighted by atomic mass is 16.2. The number of amides is 1. The summed E-state index contributed by atoms with van der Waals surface area (Å²) in [6.07, 6.45) is 1.05. The van der Waals surface area contributed by atoms with Crippen LogP contribution < -0.4 is 0 Å². The smallest absolute Gasteiger partial charge is 0.254 e. The lowest BCUT2D eigenvalue weighted by Crippen LogP contribution is -2.49. The van der Waals surface area contributed by atoms with E-state index in [-0.39, 0.29) is 5.91 Å². The molecule has 1 aliphatic rings. The van der Waals surface area contributed by atoms with Crippen LogP contribution in [-0.4, -0.2) is 48.4 Å². The van der Waals surface area contributed by atoms with Crippen molar-refractivity contribution < 1.29 is 4.79 Å². The Balaban J connectivity index is 1.31. The van der Waals surface area contributed by atoms with Gasteiger partial charge in [-0.15, -0.1) is 0 Å². The van der Waals surface area contributed by atoms with E-state index < -0.39 is 0 Å². The summed E-state index contributed by atoms with van der Waals surface area (Å²) in [5.41, 5.74) is 3.27. The molecule has 1 aliphatic heterocycles. The molecule has 3 aromatic carbocycles. The van der Waals surface area contributed by atoms with Gasteiger partial charge in [-0.1, -0.05) is 60.7 Å². The van der Waals surface area contributed by atoms with Gasteiger partial charge in [0.25, 0.3) is 5.91 Å². The largest absolute Gasteiger partial charge is 0.336 e. The van der Waals surface area contributed by atoms with E-state index in [0.717, 1.165) is 50.3 Å². The van der Waals surface area contributed by atoms with Gasteiger partial charge in [0.1, 0.15) is 0 Å². The van der Waals surface area contributed by atoms with E-state index in [1.807, 2.05) is 36.1 Å². The number of hydrogen-bond acceptors (Lipinski definition) is 2. The van der Waals surface area contributed by atoms with E-state index in [0.29, 0.717) is 0 Å². The Labute approximate surface area is 161 Å².